The van der Waals surface area contributed by atoms with Crippen LogP contribution in [0.25, 0.3) is 6.08 Å². The summed E-state index contributed by atoms with van der Waals surface area (Å²) in [5, 5.41) is 20.7. The number of hydrogen-bond donors (Lipinski definition) is 2. The predicted octanol–water partition coefficient (Wildman–Crippen LogP) is 4.57. The van der Waals surface area contributed by atoms with E-state index in [2.05, 4.69) is 29.8 Å². The number of allylic oxidation sites excluding steroid dienone is 2. The molecule has 0 bridgehead atoms. The number of benzene rings is 1. The fourth-order valence-corrected chi connectivity index (χ4v) is 6.17. The van der Waals surface area contributed by atoms with Gasteiger partial charge in [0, 0.05) is 17.1 Å². The molecule has 2 amide bonds. The van der Waals surface area contributed by atoms with Crippen molar-refractivity contribution in [3.63, 3.8) is 0 Å². The van der Waals surface area contributed by atoms with E-state index in [0.29, 0.717) is 19.2 Å². The van der Waals surface area contributed by atoms with Crippen molar-refractivity contribution >= 4 is 40.9 Å². The highest BCUT2D eigenvalue weighted by atomic mass is 79.9. The summed E-state index contributed by atoms with van der Waals surface area (Å²) in [6.45, 7) is 4.17. The minimum atomic E-state index is -0.947. The van der Waals surface area contributed by atoms with Crippen molar-refractivity contribution in [3.05, 3.63) is 45.0 Å². The Hall–Kier alpha value is -1.90. The van der Waals surface area contributed by atoms with Gasteiger partial charge in [-0.1, -0.05) is 47.0 Å². The van der Waals surface area contributed by atoms with Crippen LogP contribution >= 0.6 is 15.9 Å². The van der Waals surface area contributed by atoms with E-state index in [9.17, 15) is 19.7 Å². The zero-order valence-corrected chi connectivity index (χ0v) is 21.0. The number of rotatable bonds is 6. The second-order valence-electron chi connectivity index (χ2n) is 9.30. The van der Waals surface area contributed by atoms with Crippen molar-refractivity contribution in [2.45, 2.75) is 58.4 Å². The first-order valence-corrected chi connectivity index (χ1v) is 12.6. The van der Waals surface area contributed by atoms with Gasteiger partial charge in [-0.25, -0.2) is 0 Å². The standard InChI is InChI=1S/C25H31BBrNO5/c1-4-14(10-16-11-17(27)7-8-20(16)29)6-9-21-22-15(5-2)12-18-23(19(22)13-26(32)33-21)25(31)28(3)24(18)30/h7-8,10-11,18-19,21,23,29,32H,4-6,9,12-13H2,1-3H3/b14-10+/t18-,19+,21-,23-/m1/s1. The molecule has 176 valence electrons. The molecule has 4 rings (SSSR count). The van der Waals surface area contributed by atoms with Crippen molar-refractivity contribution in [3.8, 4) is 5.75 Å². The van der Waals surface area contributed by atoms with Gasteiger partial charge < -0.3 is 14.8 Å². The van der Waals surface area contributed by atoms with E-state index in [1.165, 1.54) is 16.0 Å². The highest BCUT2D eigenvalue weighted by molar-refractivity contribution is 9.10. The van der Waals surface area contributed by atoms with E-state index >= 15 is 0 Å². The predicted molar refractivity (Wildman–Crippen MR) is 131 cm³/mol. The van der Waals surface area contributed by atoms with Crippen LogP contribution in [-0.2, 0) is 14.2 Å². The second kappa shape index (κ2) is 9.76. The summed E-state index contributed by atoms with van der Waals surface area (Å²) in [6.07, 6.45) is 5.73. The number of phenolic OH excluding ortho intramolecular Hbond substituents is 1. The lowest BCUT2D eigenvalue weighted by molar-refractivity contribution is -0.138. The SMILES string of the molecule is CCC1=C2[C@@H](CC/C(=C/c3cc(Br)ccc3O)CC)OB(O)C[C@@H]2[C@@H]2C(=O)N(C)C(=O)[C@@H]2C1. The van der Waals surface area contributed by atoms with E-state index in [4.69, 9.17) is 4.65 Å². The summed E-state index contributed by atoms with van der Waals surface area (Å²) in [7, 11) is 0.620. The molecule has 2 fully saturated rings. The molecule has 6 nitrogen and oxygen atoms in total. The fraction of sp³-hybridized carbons (Fsp3) is 0.520. The quantitative estimate of drug-likeness (QED) is 0.329. The van der Waals surface area contributed by atoms with Gasteiger partial charge in [0.2, 0.25) is 11.8 Å². The smallest absolute Gasteiger partial charge is 0.455 e. The second-order valence-corrected chi connectivity index (χ2v) is 10.2. The minimum Gasteiger partial charge on any atom is -0.507 e. The molecular formula is C25H31BBrNO5. The minimum absolute atomic E-state index is 0.0995. The molecule has 2 saturated heterocycles. The molecule has 8 heteroatoms. The number of phenols is 1. The first-order valence-electron chi connectivity index (χ1n) is 11.8. The molecule has 0 radical (unpaired) electrons. The van der Waals surface area contributed by atoms with Gasteiger partial charge in [-0.3, -0.25) is 14.5 Å². The zero-order chi connectivity index (χ0) is 23.9. The number of imide groups is 1. The van der Waals surface area contributed by atoms with Gasteiger partial charge in [0.1, 0.15) is 5.75 Å². The van der Waals surface area contributed by atoms with Crippen LogP contribution in [0.15, 0.2) is 39.4 Å². The number of carbonyl (C=O) groups is 2. The molecule has 0 aromatic heterocycles. The lowest BCUT2D eigenvalue weighted by Crippen LogP contribution is -2.46. The first kappa shape index (κ1) is 24.2. The Kier molecular flexibility index (Phi) is 7.17. The Morgan fingerprint density at radius 2 is 2.03 bits per heavy atom. The van der Waals surface area contributed by atoms with Crippen molar-refractivity contribution < 1.29 is 24.4 Å². The van der Waals surface area contributed by atoms with Gasteiger partial charge in [0.15, 0.2) is 0 Å². The van der Waals surface area contributed by atoms with Gasteiger partial charge in [0.05, 0.1) is 17.9 Å². The Bertz CT molecular complexity index is 1020. The summed E-state index contributed by atoms with van der Waals surface area (Å²) < 4.78 is 6.92. The molecule has 0 spiro atoms. The lowest BCUT2D eigenvalue weighted by Gasteiger charge is -2.43. The number of aromatic hydroxyl groups is 1. The number of carbonyl (C=O) groups excluding carboxylic acids is 2. The van der Waals surface area contributed by atoms with Crippen molar-refractivity contribution in [2.24, 2.45) is 17.8 Å². The molecular weight excluding hydrogens is 485 g/mol. The largest absolute Gasteiger partial charge is 0.507 e. The Labute approximate surface area is 204 Å². The summed E-state index contributed by atoms with van der Waals surface area (Å²) in [6, 6.07) is 5.36. The third kappa shape index (κ3) is 4.57. The number of likely N-dealkylation sites (tertiary alicyclic amines) is 1. The summed E-state index contributed by atoms with van der Waals surface area (Å²) in [5.41, 5.74) is 4.25. The highest BCUT2D eigenvalue weighted by Gasteiger charge is 2.56. The molecule has 0 saturated carbocycles. The molecule has 33 heavy (non-hydrogen) atoms. The van der Waals surface area contributed by atoms with Gasteiger partial charge in [0.25, 0.3) is 0 Å². The van der Waals surface area contributed by atoms with Gasteiger partial charge in [-0.05, 0) is 68.1 Å². The monoisotopic (exact) mass is 515 g/mol. The van der Waals surface area contributed by atoms with Crippen molar-refractivity contribution in [2.75, 3.05) is 7.05 Å². The Morgan fingerprint density at radius 1 is 1.27 bits per heavy atom. The molecule has 2 heterocycles. The topological polar surface area (TPSA) is 87.1 Å². The van der Waals surface area contributed by atoms with Crippen LogP contribution in [0.3, 0.4) is 0 Å². The molecule has 3 aliphatic rings. The molecule has 2 N–H and O–H groups in total. The molecule has 1 aromatic carbocycles. The van der Waals surface area contributed by atoms with E-state index in [1.807, 2.05) is 12.1 Å². The fourth-order valence-electron chi connectivity index (χ4n) is 5.79. The first-order chi connectivity index (χ1) is 15.7. The summed E-state index contributed by atoms with van der Waals surface area (Å²) in [5.74, 6) is -0.864. The zero-order valence-electron chi connectivity index (χ0n) is 19.4. The van der Waals surface area contributed by atoms with Crippen molar-refractivity contribution in [1.82, 2.24) is 4.90 Å². The van der Waals surface area contributed by atoms with Crippen LogP contribution in [0.4, 0.5) is 0 Å². The van der Waals surface area contributed by atoms with E-state index < -0.39 is 13.0 Å². The molecule has 4 atom stereocenters. The normalized spacial score (nSPS) is 27.8. The van der Waals surface area contributed by atoms with Crippen LogP contribution in [0.2, 0.25) is 6.32 Å². The number of fused-ring (bicyclic) bond motifs is 3. The number of hydrogen-bond acceptors (Lipinski definition) is 5. The van der Waals surface area contributed by atoms with Crippen LogP contribution in [0.5, 0.6) is 5.75 Å². The molecule has 2 aliphatic heterocycles. The number of amides is 2. The summed E-state index contributed by atoms with van der Waals surface area (Å²) in [4.78, 5) is 26.9. The average Bonchev–Trinajstić information content (AvgIpc) is 3.01. The van der Waals surface area contributed by atoms with E-state index in [1.54, 1.807) is 19.2 Å². The van der Waals surface area contributed by atoms with Gasteiger partial charge in [-0.15, -0.1) is 0 Å². The third-order valence-corrected chi connectivity index (χ3v) is 7.98. The van der Waals surface area contributed by atoms with Crippen LogP contribution in [0, 0.1) is 17.8 Å². The Balaban J connectivity index is 1.60. The lowest BCUT2D eigenvalue weighted by atomic mass is 9.58. The summed E-state index contributed by atoms with van der Waals surface area (Å²) >= 11 is 3.46. The van der Waals surface area contributed by atoms with E-state index in [0.717, 1.165) is 34.9 Å². The number of halogens is 1. The molecule has 1 aromatic rings. The van der Waals surface area contributed by atoms with E-state index in [-0.39, 0.29) is 35.5 Å². The maximum Gasteiger partial charge on any atom is 0.455 e. The van der Waals surface area contributed by atoms with Crippen LogP contribution in [0.1, 0.15) is 51.5 Å². The third-order valence-electron chi connectivity index (χ3n) is 7.49. The van der Waals surface area contributed by atoms with Crippen molar-refractivity contribution in [1.29, 1.82) is 0 Å². The average molecular weight is 516 g/mol. The maximum atomic E-state index is 12.9. The van der Waals surface area contributed by atoms with Gasteiger partial charge >= 0.3 is 7.12 Å². The molecule has 0 unspecified atom stereocenters. The maximum absolute atomic E-state index is 12.9. The highest BCUT2D eigenvalue weighted by Crippen LogP contribution is 2.51. The van der Waals surface area contributed by atoms with Crippen LogP contribution < -0.4 is 0 Å². The number of nitrogens with zero attached hydrogens (tertiary/aromatic N) is 1. The molecule has 1 aliphatic carbocycles. The van der Waals surface area contributed by atoms with Crippen LogP contribution in [-0.4, -0.2) is 47.1 Å². The Morgan fingerprint density at radius 3 is 2.73 bits per heavy atom. The van der Waals surface area contributed by atoms with Gasteiger partial charge in [-0.2, -0.15) is 0 Å².